The predicted octanol–water partition coefficient (Wildman–Crippen LogP) is 1.72. The van der Waals surface area contributed by atoms with Crippen LogP contribution in [0, 0.1) is 0 Å². The van der Waals surface area contributed by atoms with Crippen LogP contribution in [0.4, 0.5) is 0 Å². The van der Waals surface area contributed by atoms with E-state index < -0.39 is 0 Å². The molecule has 38 valence electrons. The summed E-state index contributed by atoms with van der Waals surface area (Å²) < 4.78 is 0. The lowest BCUT2D eigenvalue weighted by atomic mass is 10.9. The first-order chi connectivity index (χ1) is 2.27. The molecule has 0 spiro atoms. The number of carbonyl (C=O) groups is 1. The molecule has 0 atom stereocenters. The molecule has 0 unspecified atom stereocenters. The summed E-state index contributed by atoms with van der Waals surface area (Å²) >= 11 is 7.61. The second kappa shape index (κ2) is 5.92. The Balaban J connectivity index is 0. The number of alkyl halides is 1. The third kappa shape index (κ3) is 8.87. The molecule has 4 heteroatoms. The molecule has 0 saturated heterocycles. The average Bonchev–Trinajstić information content (AvgIpc) is 1.38. The van der Waals surface area contributed by atoms with Gasteiger partial charge in [0, 0.05) is 0 Å². The highest BCUT2D eigenvalue weighted by Crippen LogP contribution is 1.83. The Morgan fingerprint density at radius 1 is 1.83 bits per heavy atom. The molecule has 0 aliphatic rings. The Hall–Kier alpha value is 0.920. The monoisotopic (exact) mass is 236 g/mol. The predicted molar refractivity (Wildman–Crippen MR) is 35.0 cm³/mol. The van der Waals surface area contributed by atoms with E-state index in [2.05, 4.69) is 15.9 Å². The van der Waals surface area contributed by atoms with Gasteiger partial charge >= 0.3 is 0 Å². The van der Waals surface area contributed by atoms with E-state index in [9.17, 15) is 4.79 Å². The molecule has 0 aromatic heterocycles. The Kier molecular flexibility index (Phi) is 9.89. The van der Waals surface area contributed by atoms with Gasteiger partial charge in [-0.05, 0) is 11.6 Å². The van der Waals surface area contributed by atoms with Gasteiger partial charge in [-0.3, -0.25) is 4.79 Å². The maximum absolute atomic E-state index is 9.53. The molecule has 0 heterocycles. The molecule has 0 rings (SSSR count). The number of hydrogen-bond donors (Lipinski definition) is 0. The third-order valence-corrected chi connectivity index (χ3v) is 1.07. The van der Waals surface area contributed by atoms with Crippen molar-refractivity contribution in [1.29, 1.82) is 0 Å². The normalized spacial score (nSPS) is 6.33. The van der Waals surface area contributed by atoms with Gasteiger partial charge in [0.05, 0.1) is 5.33 Å². The van der Waals surface area contributed by atoms with Crippen LogP contribution in [0.25, 0.3) is 0 Å². The zero-order valence-electron chi connectivity index (χ0n) is 2.78. The molecule has 0 fully saturated rings. The van der Waals surface area contributed by atoms with Gasteiger partial charge in [0.25, 0.3) is 0 Å². The summed E-state index contributed by atoms with van der Waals surface area (Å²) in [4.78, 5) is 9.53. The highest BCUT2D eigenvalue weighted by molar-refractivity contribution is 9.09. The fourth-order valence-electron chi connectivity index (χ4n) is 0. The second-order valence-corrected chi connectivity index (χ2v) is 1.47. The summed E-state index contributed by atoms with van der Waals surface area (Å²) in [5, 5.41) is -0.112. The van der Waals surface area contributed by atoms with Crippen molar-refractivity contribution in [3.05, 3.63) is 0 Å². The van der Waals surface area contributed by atoms with Crippen molar-refractivity contribution in [2.24, 2.45) is 0 Å². The van der Waals surface area contributed by atoms with Crippen molar-refractivity contribution in [3.63, 3.8) is 0 Å². The van der Waals surface area contributed by atoms with Crippen LogP contribution in [0.5, 0.6) is 0 Å². The third-order valence-electron chi connectivity index (χ3n) is 0.105. The standard InChI is InChI=1S/C2H2BrClO.BrH/c3-1-2(4)5;/h1H2;1H. The molecule has 6 heavy (non-hydrogen) atoms. The quantitative estimate of drug-likeness (QED) is 0.502. The first-order valence-electron chi connectivity index (χ1n) is 1.01. The minimum atomic E-state index is -0.356. The van der Waals surface area contributed by atoms with Crippen molar-refractivity contribution in [3.8, 4) is 0 Å². The molecule has 0 aromatic carbocycles. The Bertz CT molecular complexity index is 46.8. The SMILES string of the molecule is Br.O=C(Cl)CBr. The summed E-state index contributed by atoms with van der Waals surface area (Å²) in [6.45, 7) is 0. The van der Waals surface area contributed by atoms with Crippen LogP contribution < -0.4 is 0 Å². The van der Waals surface area contributed by atoms with Crippen LogP contribution in [-0.2, 0) is 4.79 Å². The van der Waals surface area contributed by atoms with Crippen molar-refractivity contribution in [2.75, 3.05) is 5.33 Å². The van der Waals surface area contributed by atoms with Crippen molar-refractivity contribution < 1.29 is 4.79 Å². The summed E-state index contributed by atoms with van der Waals surface area (Å²) in [7, 11) is 0. The van der Waals surface area contributed by atoms with Crippen LogP contribution in [-0.4, -0.2) is 10.6 Å². The fourth-order valence-corrected chi connectivity index (χ4v) is 0. The smallest absolute Gasteiger partial charge is 0.232 e. The van der Waals surface area contributed by atoms with Crippen molar-refractivity contribution >= 4 is 49.8 Å². The second-order valence-electron chi connectivity index (χ2n) is 0.489. The van der Waals surface area contributed by atoms with Crippen LogP contribution in [0.1, 0.15) is 0 Å². The van der Waals surface area contributed by atoms with E-state index in [1.807, 2.05) is 0 Å². The lowest BCUT2D eigenvalue weighted by Crippen LogP contribution is -1.80. The van der Waals surface area contributed by atoms with Gasteiger partial charge in [-0.25, -0.2) is 0 Å². The Morgan fingerprint density at radius 3 is 2.00 bits per heavy atom. The molecular weight excluding hydrogens is 235 g/mol. The maximum Gasteiger partial charge on any atom is 0.232 e. The van der Waals surface area contributed by atoms with Gasteiger partial charge in [0.1, 0.15) is 0 Å². The molecule has 0 saturated carbocycles. The maximum atomic E-state index is 9.53. The van der Waals surface area contributed by atoms with E-state index in [0.29, 0.717) is 0 Å². The molecule has 0 aromatic rings. The van der Waals surface area contributed by atoms with Gasteiger partial charge < -0.3 is 0 Å². The van der Waals surface area contributed by atoms with Crippen LogP contribution in [0.15, 0.2) is 0 Å². The number of carbonyl (C=O) groups excluding carboxylic acids is 1. The molecular formula is C2H3Br2ClO. The first-order valence-corrected chi connectivity index (χ1v) is 2.51. The molecule has 0 aliphatic heterocycles. The summed E-state index contributed by atoms with van der Waals surface area (Å²) in [6, 6.07) is 0. The van der Waals surface area contributed by atoms with E-state index in [1.54, 1.807) is 0 Å². The Labute approximate surface area is 59.9 Å². The minimum absolute atomic E-state index is 0. The van der Waals surface area contributed by atoms with Crippen LogP contribution in [0.2, 0.25) is 0 Å². The highest BCUT2D eigenvalue weighted by atomic mass is 79.9. The molecule has 0 amide bonds. The van der Waals surface area contributed by atoms with Gasteiger partial charge in [0.15, 0.2) is 0 Å². The number of hydrogen-bond acceptors (Lipinski definition) is 1. The minimum Gasteiger partial charge on any atom is -0.280 e. The number of rotatable bonds is 1. The molecule has 0 radical (unpaired) electrons. The van der Waals surface area contributed by atoms with Gasteiger partial charge in [0.2, 0.25) is 5.24 Å². The van der Waals surface area contributed by atoms with E-state index in [4.69, 9.17) is 11.6 Å². The topological polar surface area (TPSA) is 17.1 Å². The lowest BCUT2D eigenvalue weighted by molar-refractivity contribution is -0.109. The summed E-state index contributed by atoms with van der Waals surface area (Å²) in [6.07, 6.45) is 0. The van der Waals surface area contributed by atoms with Crippen LogP contribution >= 0.6 is 44.5 Å². The zero-order chi connectivity index (χ0) is 4.28. The summed E-state index contributed by atoms with van der Waals surface area (Å²) in [5.41, 5.74) is 0. The average molecular weight is 238 g/mol. The van der Waals surface area contributed by atoms with E-state index >= 15 is 0 Å². The number of halogens is 3. The fraction of sp³-hybridized carbons (Fsp3) is 0.500. The van der Waals surface area contributed by atoms with E-state index in [0.717, 1.165) is 0 Å². The van der Waals surface area contributed by atoms with Crippen LogP contribution in [0.3, 0.4) is 0 Å². The lowest BCUT2D eigenvalue weighted by Gasteiger charge is -1.66. The Morgan fingerprint density at radius 2 is 2.00 bits per heavy atom. The van der Waals surface area contributed by atoms with Crippen molar-refractivity contribution in [1.82, 2.24) is 0 Å². The van der Waals surface area contributed by atoms with E-state index in [1.165, 1.54) is 0 Å². The van der Waals surface area contributed by atoms with Gasteiger partial charge in [-0.15, -0.1) is 17.0 Å². The molecule has 0 N–H and O–H groups in total. The highest BCUT2D eigenvalue weighted by Gasteiger charge is 1.83. The van der Waals surface area contributed by atoms with Gasteiger partial charge in [-0.2, -0.15) is 0 Å². The summed E-state index contributed by atoms with van der Waals surface area (Å²) in [5.74, 6) is 0. The van der Waals surface area contributed by atoms with Gasteiger partial charge in [-0.1, -0.05) is 15.9 Å². The van der Waals surface area contributed by atoms with Crippen molar-refractivity contribution in [2.45, 2.75) is 0 Å². The van der Waals surface area contributed by atoms with E-state index in [-0.39, 0.29) is 27.6 Å². The molecule has 0 bridgehead atoms. The zero-order valence-corrected chi connectivity index (χ0v) is 6.83. The first kappa shape index (κ1) is 10.0. The molecule has 0 aliphatic carbocycles. The largest absolute Gasteiger partial charge is 0.280 e. The molecule has 1 nitrogen and oxygen atoms in total.